The van der Waals surface area contributed by atoms with Gasteiger partial charge in [0.2, 0.25) is 0 Å². The first-order chi connectivity index (χ1) is 9.95. The summed E-state index contributed by atoms with van der Waals surface area (Å²) in [7, 11) is 0. The quantitative estimate of drug-likeness (QED) is 0.482. The molecule has 0 aliphatic heterocycles. The molecule has 1 aromatic rings. The van der Waals surface area contributed by atoms with Crippen LogP contribution >= 0.6 is 11.3 Å². The summed E-state index contributed by atoms with van der Waals surface area (Å²) >= 11 is 1.78. The summed E-state index contributed by atoms with van der Waals surface area (Å²) in [5.41, 5.74) is 0.196. The Morgan fingerprint density at radius 2 is 1.52 bits per heavy atom. The van der Waals surface area contributed by atoms with Crippen molar-refractivity contribution in [3.05, 3.63) is 21.9 Å². The van der Waals surface area contributed by atoms with Crippen LogP contribution in [-0.4, -0.2) is 5.11 Å². The maximum atomic E-state index is 10.3. The first kappa shape index (κ1) is 18.7. The largest absolute Gasteiger partial charge is 0.388 e. The molecule has 0 aliphatic carbocycles. The normalized spacial score (nSPS) is 13.6. The van der Waals surface area contributed by atoms with Crippen molar-refractivity contribution in [1.29, 1.82) is 0 Å². The van der Waals surface area contributed by atoms with E-state index >= 15 is 0 Å². The minimum atomic E-state index is -0.258. The van der Waals surface area contributed by atoms with Crippen LogP contribution in [0.3, 0.4) is 0 Å². The van der Waals surface area contributed by atoms with E-state index in [9.17, 15) is 5.11 Å². The Morgan fingerprint density at radius 3 is 2.05 bits per heavy atom. The van der Waals surface area contributed by atoms with Crippen molar-refractivity contribution in [1.82, 2.24) is 0 Å². The van der Waals surface area contributed by atoms with Crippen LogP contribution in [0.25, 0.3) is 0 Å². The van der Waals surface area contributed by atoms with Gasteiger partial charge in [0.05, 0.1) is 6.10 Å². The average molecular weight is 311 g/mol. The van der Waals surface area contributed by atoms with Gasteiger partial charge in [-0.1, -0.05) is 79.1 Å². The van der Waals surface area contributed by atoms with E-state index in [1.54, 1.807) is 11.3 Å². The van der Waals surface area contributed by atoms with Crippen LogP contribution in [-0.2, 0) is 5.41 Å². The average Bonchev–Trinajstić information content (AvgIpc) is 2.91. The Balaban J connectivity index is 2.16. The van der Waals surface area contributed by atoms with E-state index in [1.165, 1.54) is 49.8 Å². The zero-order valence-electron chi connectivity index (χ0n) is 14.5. The van der Waals surface area contributed by atoms with Crippen molar-refractivity contribution in [3.8, 4) is 0 Å². The molecule has 1 atom stereocenters. The zero-order valence-corrected chi connectivity index (χ0v) is 15.3. The van der Waals surface area contributed by atoms with Crippen LogP contribution in [0.4, 0.5) is 0 Å². The lowest BCUT2D eigenvalue weighted by Crippen LogP contribution is -2.07. The van der Waals surface area contributed by atoms with Crippen LogP contribution < -0.4 is 0 Å². The van der Waals surface area contributed by atoms with Crippen LogP contribution in [0.15, 0.2) is 12.1 Å². The lowest BCUT2D eigenvalue weighted by Gasteiger charge is -2.15. The molecule has 21 heavy (non-hydrogen) atoms. The maximum Gasteiger partial charge on any atom is 0.0882 e. The highest BCUT2D eigenvalue weighted by Gasteiger charge is 2.18. The molecule has 0 aliphatic rings. The number of hydrogen-bond donors (Lipinski definition) is 1. The van der Waals surface area contributed by atoms with Gasteiger partial charge >= 0.3 is 0 Å². The predicted octanol–water partition coefficient (Wildman–Crippen LogP) is 6.61. The van der Waals surface area contributed by atoms with Crippen molar-refractivity contribution < 1.29 is 5.11 Å². The molecule has 0 aromatic carbocycles. The number of hydrogen-bond acceptors (Lipinski definition) is 2. The SMILES string of the molecule is CCCCCCCCCCC(O)c1ccc(C(C)(C)C)s1. The zero-order chi connectivity index (χ0) is 15.7. The first-order valence-corrected chi connectivity index (χ1v) is 9.55. The lowest BCUT2D eigenvalue weighted by molar-refractivity contribution is 0.167. The molecule has 0 spiro atoms. The molecule has 0 saturated carbocycles. The molecule has 1 rings (SSSR count). The van der Waals surface area contributed by atoms with E-state index in [2.05, 4.69) is 39.8 Å². The summed E-state index contributed by atoms with van der Waals surface area (Å²) < 4.78 is 0. The highest BCUT2D eigenvalue weighted by atomic mass is 32.1. The molecular weight excluding hydrogens is 276 g/mol. The van der Waals surface area contributed by atoms with E-state index in [0.29, 0.717) is 0 Å². The monoisotopic (exact) mass is 310 g/mol. The third-order valence-electron chi connectivity index (χ3n) is 4.03. The van der Waals surface area contributed by atoms with Crippen LogP contribution in [0.1, 0.15) is 101 Å². The summed E-state index contributed by atoms with van der Waals surface area (Å²) in [6.07, 6.45) is 11.2. The standard InChI is InChI=1S/C19H34OS/c1-5-6-7-8-9-10-11-12-13-16(20)17-14-15-18(21-17)19(2,3)4/h14-16,20H,5-13H2,1-4H3. The number of unbranched alkanes of at least 4 members (excludes halogenated alkanes) is 7. The summed E-state index contributed by atoms with van der Waals surface area (Å²) in [4.78, 5) is 2.51. The smallest absolute Gasteiger partial charge is 0.0882 e. The molecule has 1 aromatic heterocycles. The first-order valence-electron chi connectivity index (χ1n) is 8.73. The Labute approximate surface area is 135 Å². The third-order valence-corrected chi connectivity index (χ3v) is 5.64. The molecular formula is C19H34OS. The molecule has 122 valence electrons. The highest BCUT2D eigenvalue weighted by molar-refractivity contribution is 7.12. The summed E-state index contributed by atoms with van der Waals surface area (Å²) in [6.45, 7) is 8.95. The second-order valence-electron chi connectivity index (χ2n) is 7.23. The van der Waals surface area contributed by atoms with E-state index in [4.69, 9.17) is 0 Å². The van der Waals surface area contributed by atoms with Gasteiger partial charge in [0.25, 0.3) is 0 Å². The Morgan fingerprint density at radius 1 is 0.952 bits per heavy atom. The van der Waals surface area contributed by atoms with Gasteiger partial charge in [-0.05, 0) is 24.0 Å². The Kier molecular flexibility index (Phi) is 8.58. The van der Waals surface area contributed by atoms with E-state index in [-0.39, 0.29) is 11.5 Å². The van der Waals surface area contributed by atoms with Gasteiger partial charge < -0.3 is 5.11 Å². The second kappa shape index (κ2) is 9.63. The molecule has 1 nitrogen and oxygen atoms in total. The van der Waals surface area contributed by atoms with Gasteiger partial charge in [-0.2, -0.15) is 0 Å². The molecule has 0 radical (unpaired) electrons. The summed E-state index contributed by atoms with van der Waals surface area (Å²) in [5, 5.41) is 10.3. The summed E-state index contributed by atoms with van der Waals surface area (Å²) in [5.74, 6) is 0. The van der Waals surface area contributed by atoms with Crippen molar-refractivity contribution in [2.75, 3.05) is 0 Å². The Bertz CT molecular complexity index is 375. The fourth-order valence-electron chi connectivity index (χ4n) is 2.55. The highest BCUT2D eigenvalue weighted by Crippen LogP contribution is 2.33. The summed E-state index contributed by atoms with van der Waals surface area (Å²) in [6, 6.07) is 4.29. The van der Waals surface area contributed by atoms with Gasteiger partial charge in [-0.25, -0.2) is 0 Å². The topological polar surface area (TPSA) is 20.2 Å². The minimum absolute atomic E-state index is 0.196. The Hall–Kier alpha value is -0.340. The van der Waals surface area contributed by atoms with Crippen molar-refractivity contribution >= 4 is 11.3 Å². The number of thiophene rings is 1. The number of rotatable bonds is 10. The van der Waals surface area contributed by atoms with Crippen LogP contribution in [0.5, 0.6) is 0 Å². The fraction of sp³-hybridized carbons (Fsp3) is 0.789. The predicted molar refractivity (Wildman–Crippen MR) is 95.2 cm³/mol. The molecule has 0 saturated heterocycles. The molecule has 1 heterocycles. The fourth-order valence-corrected chi connectivity index (χ4v) is 3.64. The van der Waals surface area contributed by atoms with Crippen LogP contribution in [0.2, 0.25) is 0 Å². The number of aliphatic hydroxyl groups excluding tert-OH is 1. The lowest BCUT2D eigenvalue weighted by atomic mass is 9.95. The van der Waals surface area contributed by atoms with E-state index in [1.807, 2.05) is 0 Å². The number of aliphatic hydroxyl groups is 1. The van der Waals surface area contributed by atoms with E-state index in [0.717, 1.165) is 17.7 Å². The maximum absolute atomic E-state index is 10.3. The van der Waals surface area contributed by atoms with Gasteiger partial charge in [0.15, 0.2) is 0 Å². The molecule has 0 fully saturated rings. The van der Waals surface area contributed by atoms with Crippen molar-refractivity contribution in [2.45, 2.75) is 97.0 Å². The third kappa shape index (κ3) is 7.46. The molecule has 0 bridgehead atoms. The molecule has 0 amide bonds. The van der Waals surface area contributed by atoms with Gasteiger partial charge in [-0.3, -0.25) is 0 Å². The van der Waals surface area contributed by atoms with Gasteiger partial charge in [0, 0.05) is 9.75 Å². The second-order valence-corrected chi connectivity index (χ2v) is 8.35. The van der Waals surface area contributed by atoms with Crippen molar-refractivity contribution in [2.24, 2.45) is 0 Å². The molecule has 2 heteroatoms. The minimum Gasteiger partial charge on any atom is -0.388 e. The van der Waals surface area contributed by atoms with E-state index < -0.39 is 0 Å². The molecule has 1 unspecified atom stereocenters. The van der Waals surface area contributed by atoms with Gasteiger partial charge in [0.1, 0.15) is 0 Å². The van der Waals surface area contributed by atoms with Crippen LogP contribution in [0, 0.1) is 0 Å². The van der Waals surface area contributed by atoms with Crippen molar-refractivity contribution in [3.63, 3.8) is 0 Å². The van der Waals surface area contributed by atoms with Gasteiger partial charge in [-0.15, -0.1) is 11.3 Å². The molecule has 1 N–H and O–H groups in total.